The molecule has 4 nitrogen and oxygen atoms in total. The molecule has 2 rings (SSSR count). The number of quaternary nitrogens is 1. The van der Waals surface area contributed by atoms with Gasteiger partial charge in [0, 0.05) is 5.69 Å². The lowest BCUT2D eigenvalue weighted by atomic mass is 10.2. The highest BCUT2D eigenvalue weighted by molar-refractivity contribution is 5.91. The molecule has 1 aliphatic heterocycles. The lowest BCUT2D eigenvalue weighted by molar-refractivity contribution is -0.907. The number of amides is 1. The first-order chi connectivity index (χ1) is 9.02. The fourth-order valence-corrected chi connectivity index (χ4v) is 2.53. The van der Waals surface area contributed by atoms with Crippen LogP contribution in [-0.2, 0) is 9.53 Å². The highest BCUT2D eigenvalue weighted by Crippen LogP contribution is 2.08. The van der Waals surface area contributed by atoms with Crippen LogP contribution in [0.1, 0.15) is 13.8 Å². The number of carbonyl (C=O) groups excluding carboxylic acids is 1. The first kappa shape index (κ1) is 14.0. The van der Waals surface area contributed by atoms with Crippen molar-refractivity contribution in [2.24, 2.45) is 0 Å². The Kier molecular flexibility index (Phi) is 4.50. The van der Waals surface area contributed by atoms with Crippen LogP contribution >= 0.6 is 0 Å². The number of nitrogens with one attached hydrogen (secondary N) is 2. The summed E-state index contributed by atoms with van der Waals surface area (Å²) < 4.78 is 18.6. The van der Waals surface area contributed by atoms with E-state index in [1.807, 2.05) is 13.8 Å². The molecular formula is C14H20FN2O2+. The number of carbonyl (C=O) groups is 1. The maximum atomic E-state index is 13.0. The van der Waals surface area contributed by atoms with Gasteiger partial charge in [0.15, 0.2) is 6.54 Å². The molecule has 5 heteroatoms. The van der Waals surface area contributed by atoms with Crippen molar-refractivity contribution in [3.05, 3.63) is 30.1 Å². The molecule has 1 aromatic carbocycles. The summed E-state index contributed by atoms with van der Waals surface area (Å²) in [6.45, 7) is 6.05. The Labute approximate surface area is 112 Å². The molecule has 1 aliphatic rings. The molecule has 0 spiro atoms. The number of ether oxygens (including phenoxy) is 1. The van der Waals surface area contributed by atoms with Gasteiger partial charge in [-0.2, -0.15) is 0 Å². The molecule has 0 bridgehead atoms. The minimum absolute atomic E-state index is 0.0955. The molecule has 2 atom stereocenters. The summed E-state index contributed by atoms with van der Waals surface area (Å²) in [5.74, 6) is -0.444. The predicted molar refractivity (Wildman–Crippen MR) is 70.6 cm³/mol. The molecule has 1 heterocycles. The molecular weight excluding hydrogens is 247 g/mol. The summed E-state index contributed by atoms with van der Waals surface area (Å²) in [5.41, 5.74) is 0.499. The average Bonchev–Trinajstić information content (AvgIpc) is 2.26. The van der Waals surface area contributed by atoms with E-state index in [4.69, 9.17) is 4.74 Å². The highest BCUT2D eigenvalue weighted by atomic mass is 19.1. The molecule has 0 radical (unpaired) electrons. The zero-order valence-electron chi connectivity index (χ0n) is 11.3. The van der Waals surface area contributed by atoms with Gasteiger partial charge in [0.2, 0.25) is 0 Å². The molecule has 0 aromatic heterocycles. The van der Waals surface area contributed by atoms with Crippen LogP contribution in [0.4, 0.5) is 10.1 Å². The van der Waals surface area contributed by atoms with Gasteiger partial charge in [0.25, 0.3) is 5.91 Å². The maximum Gasteiger partial charge on any atom is 0.279 e. The van der Waals surface area contributed by atoms with Crippen molar-refractivity contribution in [1.82, 2.24) is 0 Å². The Morgan fingerprint density at radius 2 is 2.11 bits per heavy atom. The second kappa shape index (κ2) is 6.12. The van der Waals surface area contributed by atoms with Gasteiger partial charge in [-0.05, 0) is 32.0 Å². The van der Waals surface area contributed by atoms with Crippen LogP contribution < -0.4 is 10.2 Å². The lowest BCUT2D eigenvalue weighted by Gasteiger charge is -2.31. The number of rotatable bonds is 3. The fraction of sp³-hybridized carbons (Fsp3) is 0.500. The van der Waals surface area contributed by atoms with Crippen LogP contribution in [0.2, 0.25) is 0 Å². The van der Waals surface area contributed by atoms with E-state index in [1.165, 1.54) is 17.0 Å². The van der Waals surface area contributed by atoms with Crippen LogP contribution in [0.25, 0.3) is 0 Å². The molecule has 0 saturated carbocycles. The SMILES string of the molecule is C[C@@H]1C[NH+](CC(=O)Nc2cccc(F)c2)C[C@@H](C)O1. The molecule has 2 N–H and O–H groups in total. The van der Waals surface area contributed by atoms with Crippen LogP contribution in [-0.4, -0.2) is 37.7 Å². The van der Waals surface area contributed by atoms with Crippen molar-refractivity contribution in [2.75, 3.05) is 25.0 Å². The lowest BCUT2D eigenvalue weighted by Crippen LogP contribution is -3.16. The Hall–Kier alpha value is -1.46. The normalized spacial score (nSPS) is 27.0. The van der Waals surface area contributed by atoms with Crippen molar-refractivity contribution < 1.29 is 18.8 Å². The third-order valence-electron chi connectivity index (χ3n) is 3.14. The summed E-state index contributed by atoms with van der Waals surface area (Å²) >= 11 is 0. The van der Waals surface area contributed by atoms with E-state index in [1.54, 1.807) is 12.1 Å². The smallest absolute Gasteiger partial charge is 0.279 e. The van der Waals surface area contributed by atoms with Crippen LogP contribution in [0.15, 0.2) is 24.3 Å². The second-order valence-corrected chi connectivity index (χ2v) is 5.15. The second-order valence-electron chi connectivity index (χ2n) is 5.15. The van der Waals surface area contributed by atoms with Crippen LogP contribution in [0, 0.1) is 5.82 Å². The molecule has 1 saturated heterocycles. The van der Waals surface area contributed by atoms with Crippen molar-refractivity contribution in [3.63, 3.8) is 0 Å². The van der Waals surface area contributed by atoms with Crippen molar-refractivity contribution in [3.8, 4) is 0 Å². The molecule has 19 heavy (non-hydrogen) atoms. The van der Waals surface area contributed by atoms with Crippen LogP contribution in [0.3, 0.4) is 0 Å². The van der Waals surface area contributed by atoms with Crippen LogP contribution in [0.5, 0.6) is 0 Å². The van der Waals surface area contributed by atoms with E-state index >= 15 is 0 Å². The predicted octanol–water partition coefficient (Wildman–Crippen LogP) is 0.456. The molecule has 1 fully saturated rings. The zero-order chi connectivity index (χ0) is 13.8. The topological polar surface area (TPSA) is 42.8 Å². The van der Waals surface area contributed by atoms with Gasteiger partial charge >= 0.3 is 0 Å². The summed E-state index contributed by atoms with van der Waals surface area (Å²) in [5, 5.41) is 2.72. The Balaban J connectivity index is 1.87. The number of benzene rings is 1. The highest BCUT2D eigenvalue weighted by Gasteiger charge is 2.27. The van der Waals surface area contributed by atoms with E-state index in [0.29, 0.717) is 12.2 Å². The van der Waals surface area contributed by atoms with E-state index in [2.05, 4.69) is 5.32 Å². The van der Waals surface area contributed by atoms with Gasteiger partial charge in [-0.15, -0.1) is 0 Å². The Bertz CT molecular complexity index is 443. The van der Waals surface area contributed by atoms with Gasteiger partial charge in [-0.3, -0.25) is 4.79 Å². The summed E-state index contributed by atoms with van der Waals surface area (Å²) in [4.78, 5) is 13.1. The zero-order valence-corrected chi connectivity index (χ0v) is 11.3. The number of anilines is 1. The molecule has 1 amide bonds. The third-order valence-corrected chi connectivity index (χ3v) is 3.14. The number of hydrogen-bond acceptors (Lipinski definition) is 2. The standard InChI is InChI=1S/C14H19FN2O2/c1-10-7-17(8-11(2)19-10)9-14(18)16-13-5-3-4-12(15)6-13/h3-6,10-11H,7-9H2,1-2H3,(H,16,18)/p+1/t10-,11-/m1/s1. The van der Waals surface area contributed by atoms with Crippen molar-refractivity contribution >= 4 is 11.6 Å². The Morgan fingerprint density at radius 3 is 2.74 bits per heavy atom. The van der Waals surface area contributed by atoms with E-state index < -0.39 is 0 Å². The molecule has 1 aromatic rings. The molecule has 104 valence electrons. The van der Waals surface area contributed by atoms with E-state index in [0.717, 1.165) is 13.1 Å². The molecule has 0 aliphatic carbocycles. The van der Waals surface area contributed by atoms with Gasteiger partial charge in [-0.25, -0.2) is 4.39 Å². The number of hydrogen-bond donors (Lipinski definition) is 2. The first-order valence-corrected chi connectivity index (χ1v) is 6.57. The van der Waals surface area contributed by atoms with Gasteiger partial charge in [0.05, 0.1) is 0 Å². The number of morpholine rings is 1. The van der Waals surface area contributed by atoms with Gasteiger partial charge < -0.3 is 15.0 Å². The van der Waals surface area contributed by atoms with Gasteiger partial charge in [-0.1, -0.05) is 6.07 Å². The minimum Gasteiger partial charge on any atom is -0.364 e. The largest absolute Gasteiger partial charge is 0.364 e. The van der Waals surface area contributed by atoms with Crippen molar-refractivity contribution in [1.29, 1.82) is 0 Å². The van der Waals surface area contributed by atoms with E-state index in [-0.39, 0.29) is 23.9 Å². The molecule has 0 unspecified atom stereocenters. The number of halogens is 1. The third kappa shape index (κ3) is 4.29. The van der Waals surface area contributed by atoms with E-state index in [9.17, 15) is 9.18 Å². The van der Waals surface area contributed by atoms with Gasteiger partial charge in [0.1, 0.15) is 31.1 Å². The van der Waals surface area contributed by atoms with Crippen molar-refractivity contribution in [2.45, 2.75) is 26.1 Å². The Morgan fingerprint density at radius 1 is 1.42 bits per heavy atom. The summed E-state index contributed by atoms with van der Waals surface area (Å²) in [7, 11) is 0. The average molecular weight is 267 g/mol. The maximum absolute atomic E-state index is 13.0. The first-order valence-electron chi connectivity index (χ1n) is 6.57. The summed E-state index contributed by atoms with van der Waals surface area (Å²) in [6, 6.07) is 5.93. The quantitative estimate of drug-likeness (QED) is 0.835. The minimum atomic E-state index is -0.348. The summed E-state index contributed by atoms with van der Waals surface area (Å²) in [6.07, 6.45) is 0.335. The monoisotopic (exact) mass is 267 g/mol. The fourth-order valence-electron chi connectivity index (χ4n) is 2.53.